The van der Waals surface area contributed by atoms with Crippen molar-refractivity contribution in [1.82, 2.24) is 9.78 Å². The third kappa shape index (κ3) is 3.12. The van der Waals surface area contributed by atoms with Crippen LogP contribution < -0.4 is 4.72 Å². The van der Waals surface area contributed by atoms with Crippen LogP contribution in [0.1, 0.15) is 12.5 Å². The van der Waals surface area contributed by atoms with Gasteiger partial charge in [0.1, 0.15) is 4.90 Å². The summed E-state index contributed by atoms with van der Waals surface area (Å²) < 4.78 is 28.6. The molecule has 0 aliphatic heterocycles. The van der Waals surface area contributed by atoms with Gasteiger partial charge in [-0.1, -0.05) is 17.7 Å². The van der Waals surface area contributed by atoms with E-state index >= 15 is 0 Å². The van der Waals surface area contributed by atoms with Crippen molar-refractivity contribution in [3.63, 3.8) is 0 Å². The van der Waals surface area contributed by atoms with E-state index in [1.54, 1.807) is 16.9 Å². The summed E-state index contributed by atoms with van der Waals surface area (Å²) in [6, 6.07) is 4.35. The summed E-state index contributed by atoms with van der Waals surface area (Å²) in [5, 5.41) is 13.2. The number of aryl methyl sites for hydroxylation is 1. The number of anilines is 1. The molecule has 0 amide bonds. The van der Waals surface area contributed by atoms with Crippen molar-refractivity contribution in [2.75, 3.05) is 4.72 Å². The minimum absolute atomic E-state index is 0.0741. The number of hydrogen-bond acceptors (Lipinski definition) is 4. The fourth-order valence-corrected chi connectivity index (χ4v) is 3.23. The number of rotatable bonds is 5. The fourth-order valence-electron chi connectivity index (χ4n) is 1.65. The van der Waals surface area contributed by atoms with Gasteiger partial charge in [0, 0.05) is 12.7 Å². The molecule has 0 saturated carbocycles. The van der Waals surface area contributed by atoms with Gasteiger partial charge in [-0.05, 0) is 24.6 Å². The van der Waals surface area contributed by atoms with Crippen LogP contribution in [-0.4, -0.2) is 23.3 Å². The lowest BCUT2D eigenvalue weighted by Crippen LogP contribution is -2.13. The van der Waals surface area contributed by atoms with Crippen LogP contribution in [0, 0.1) is 0 Å². The van der Waals surface area contributed by atoms with E-state index in [-0.39, 0.29) is 16.5 Å². The van der Waals surface area contributed by atoms with Gasteiger partial charge in [0.25, 0.3) is 10.0 Å². The van der Waals surface area contributed by atoms with E-state index in [0.717, 1.165) is 0 Å². The molecule has 0 fully saturated rings. The molecular weight excluding hydrogens is 302 g/mol. The van der Waals surface area contributed by atoms with Gasteiger partial charge in [-0.3, -0.25) is 9.40 Å². The van der Waals surface area contributed by atoms with E-state index in [9.17, 15) is 8.42 Å². The Morgan fingerprint density at radius 2 is 2.20 bits per heavy atom. The standard InChI is InChI=1S/C12H14ClN3O3S/c1-2-16-7-10(6-14-16)15-20(18,19)12-5-9(8-17)3-4-11(12)13/h3-7,15,17H,2,8H2,1H3. The highest BCUT2D eigenvalue weighted by Crippen LogP contribution is 2.25. The van der Waals surface area contributed by atoms with Gasteiger partial charge in [-0.2, -0.15) is 5.10 Å². The molecule has 108 valence electrons. The van der Waals surface area contributed by atoms with Gasteiger partial charge in [0.05, 0.1) is 23.5 Å². The first-order valence-corrected chi connectivity index (χ1v) is 7.77. The lowest BCUT2D eigenvalue weighted by atomic mass is 10.2. The second-order valence-corrected chi connectivity index (χ2v) is 6.17. The fraction of sp³-hybridized carbons (Fsp3) is 0.250. The summed E-state index contributed by atoms with van der Waals surface area (Å²) in [6.07, 6.45) is 3.01. The first-order chi connectivity index (χ1) is 9.46. The molecule has 2 rings (SSSR count). The summed E-state index contributed by atoms with van der Waals surface area (Å²) >= 11 is 5.91. The first-order valence-electron chi connectivity index (χ1n) is 5.91. The Labute approximate surface area is 122 Å². The third-order valence-electron chi connectivity index (χ3n) is 2.68. The lowest BCUT2D eigenvalue weighted by Gasteiger charge is -2.09. The zero-order valence-corrected chi connectivity index (χ0v) is 12.3. The summed E-state index contributed by atoms with van der Waals surface area (Å²) in [4.78, 5) is -0.0741. The minimum atomic E-state index is -3.82. The highest BCUT2D eigenvalue weighted by atomic mass is 35.5. The van der Waals surface area contributed by atoms with E-state index in [4.69, 9.17) is 16.7 Å². The van der Waals surface area contributed by atoms with Crippen molar-refractivity contribution in [3.8, 4) is 0 Å². The van der Waals surface area contributed by atoms with Crippen LogP contribution in [0.4, 0.5) is 5.69 Å². The summed E-state index contributed by atoms with van der Waals surface area (Å²) in [7, 11) is -3.82. The molecular formula is C12H14ClN3O3S. The number of sulfonamides is 1. The van der Waals surface area contributed by atoms with Crippen LogP contribution in [0.3, 0.4) is 0 Å². The molecule has 1 aromatic heterocycles. The molecule has 8 heteroatoms. The van der Waals surface area contributed by atoms with E-state index in [2.05, 4.69) is 9.82 Å². The molecule has 6 nitrogen and oxygen atoms in total. The molecule has 1 aromatic carbocycles. The van der Waals surface area contributed by atoms with Crippen LogP contribution in [-0.2, 0) is 23.2 Å². The maximum atomic E-state index is 12.3. The van der Waals surface area contributed by atoms with E-state index in [1.165, 1.54) is 18.3 Å². The molecule has 0 radical (unpaired) electrons. The summed E-state index contributed by atoms with van der Waals surface area (Å²) in [5.74, 6) is 0. The monoisotopic (exact) mass is 315 g/mol. The molecule has 0 atom stereocenters. The number of hydrogen-bond donors (Lipinski definition) is 2. The van der Waals surface area contributed by atoms with E-state index in [1.807, 2.05) is 6.92 Å². The molecule has 2 N–H and O–H groups in total. The maximum absolute atomic E-state index is 12.3. The first kappa shape index (κ1) is 14.8. The Kier molecular flexibility index (Phi) is 4.32. The van der Waals surface area contributed by atoms with Gasteiger partial charge in [-0.15, -0.1) is 0 Å². The molecule has 20 heavy (non-hydrogen) atoms. The summed E-state index contributed by atoms with van der Waals surface area (Å²) in [6.45, 7) is 2.28. The predicted molar refractivity (Wildman–Crippen MR) is 76.1 cm³/mol. The van der Waals surface area contributed by atoms with Crippen LogP contribution in [0.25, 0.3) is 0 Å². The van der Waals surface area contributed by atoms with Gasteiger partial charge in [0.15, 0.2) is 0 Å². The Morgan fingerprint density at radius 3 is 2.80 bits per heavy atom. The van der Waals surface area contributed by atoms with Gasteiger partial charge >= 0.3 is 0 Å². The van der Waals surface area contributed by atoms with Gasteiger partial charge < -0.3 is 5.11 Å². The Hall–Kier alpha value is -1.57. The van der Waals surface area contributed by atoms with Crippen molar-refractivity contribution < 1.29 is 13.5 Å². The largest absolute Gasteiger partial charge is 0.392 e. The van der Waals surface area contributed by atoms with Crippen LogP contribution >= 0.6 is 11.6 Å². The van der Waals surface area contributed by atoms with Gasteiger partial charge in [-0.25, -0.2) is 8.42 Å². The predicted octanol–water partition coefficient (Wildman–Crippen LogP) is 1.85. The second-order valence-electron chi connectivity index (χ2n) is 4.11. The van der Waals surface area contributed by atoms with Crippen molar-refractivity contribution in [3.05, 3.63) is 41.2 Å². The average molecular weight is 316 g/mol. The molecule has 2 aromatic rings. The number of aliphatic hydroxyl groups is 1. The molecule has 0 spiro atoms. The zero-order chi connectivity index (χ0) is 14.8. The second kappa shape index (κ2) is 5.82. The Balaban J connectivity index is 2.34. The maximum Gasteiger partial charge on any atom is 0.263 e. The lowest BCUT2D eigenvalue weighted by molar-refractivity contribution is 0.281. The van der Waals surface area contributed by atoms with Crippen molar-refractivity contribution in [2.24, 2.45) is 0 Å². The molecule has 0 saturated heterocycles. The van der Waals surface area contributed by atoms with Crippen LogP contribution in [0.15, 0.2) is 35.5 Å². The van der Waals surface area contributed by atoms with Crippen molar-refractivity contribution in [1.29, 1.82) is 0 Å². The smallest absolute Gasteiger partial charge is 0.263 e. The Morgan fingerprint density at radius 1 is 1.45 bits per heavy atom. The SMILES string of the molecule is CCn1cc(NS(=O)(=O)c2cc(CO)ccc2Cl)cn1. The molecule has 0 bridgehead atoms. The van der Waals surface area contributed by atoms with E-state index < -0.39 is 10.0 Å². The number of halogens is 1. The number of nitrogens with zero attached hydrogens (tertiary/aromatic N) is 2. The highest BCUT2D eigenvalue weighted by Gasteiger charge is 2.19. The van der Waals surface area contributed by atoms with Crippen molar-refractivity contribution >= 4 is 27.3 Å². The van der Waals surface area contributed by atoms with E-state index in [0.29, 0.717) is 17.8 Å². The summed E-state index contributed by atoms with van der Waals surface area (Å²) in [5.41, 5.74) is 0.830. The number of benzene rings is 1. The molecule has 1 heterocycles. The number of nitrogens with one attached hydrogen (secondary N) is 1. The molecule has 0 unspecified atom stereocenters. The number of aliphatic hydroxyl groups excluding tert-OH is 1. The third-order valence-corrected chi connectivity index (χ3v) is 4.54. The Bertz CT molecular complexity index is 712. The van der Waals surface area contributed by atoms with Crippen molar-refractivity contribution in [2.45, 2.75) is 25.0 Å². The van der Waals surface area contributed by atoms with Crippen LogP contribution in [0.2, 0.25) is 5.02 Å². The molecule has 0 aliphatic carbocycles. The zero-order valence-electron chi connectivity index (χ0n) is 10.7. The highest BCUT2D eigenvalue weighted by molar-refractivity contribution is 7.92. The molecule has 0 aliphatic rings. The van der Waals surface area contributed by atoms with Crippen LogP contribution in [0.5, 0.6) is 0 Å². The van der Waals surface area contributed by atoms with Gasteiger partial charge in [0.2, 0.25) is 0 Å². The quantitative estimate of drug-likeness (QED) is 0.882. The average Bonchev–Trinajstić information content (AvgIpc) is 2.86. The topological polar surface area (TPSA) is 84.2 Å². The minimum Gasteiger partial charge on any atom is -0.392 e. The normalized spacial score (nSPS) is 11.6. The number of aromatic nitrogens is 2.